The van der Waals surface area contributed by atoms with Crippen LogP contribution in [-0.2, 0) is 4.74 Å². The summed E-state index contributed by atoms with van der Waals surface area (Å²) in [5.74, 6) is 0.129. The van der Waals surface area contributed by atoms with Crippen LogP contribution in [0.4, 0.5) is 0 Å². The summed E-state index contributed by atoms with van der Waals surface area (Å²) < 4.78 is 5.55. The summed E-state index contributed by atoms with van der Waals surface area (Å²) in [4.78, 5) is 6.54. The van der Waals surface area contributed by atoms with E-state index >= 15 is 0 Å². The SMILES string of the molecule is C[C@]1(CO)O[C@@H](c2ccc(C(N)=NC=N)[nH]2)[C@H](O)[C@@H]1O. The third kappa shape index (κ3) is 2.34. The average molecular weight is 282 g/mol. The molecule has 0 unspecified atom stereocenters. The third-order valence-corrected chi connectivity index (χ3v) is 3.46. The van der Waals surface area contributed by atoms with Gasteiger partial charge in [0.25, 0.3) is 0 Å². The van der Waals surface area contributed by atoms with Gasteiger partial charge in [0.2, 0.25) is 0 Å². The highest BCUT2D eigenvalue weighted by molar-refractivity contribution is 5.99. The maximum Gasteiger partial charge on any atom is 0.148 e. The molecule has 4 atom stereocenters. The van der Waals surface area contributed by atoms with Gasteiger partial charge < -0.3 is 30.8 Å². The Morgan fingerprint density at radius 3 is 2.85 bits per heavy atom. The predicted molar refractivity (Wildman–Crippen MR) is 71.6 cm³/mol. The van der Waals surface area contributed by atoms with Crippen molar-refractivity contribution in [3.63, 3.8) is 0 Å². The Bertz CT molecular complexity index is 529. The largest absolute Gasteiger partial charge is 0.393 e. The molecule has 0 aliphatic carbocycles. The number of aromatic nitrogens is 1. The number of ether oxygens (including phenoxy) is 1. The smallest absolute Gasteiger partial charge is 0.148 e. The van der Waals surface area contributed by atoms with Gasteiger partial charge in [0.15, 0.2) is 0 Å². The first kappa shape index (κ1) is 14.7. The van der Waals surface area contributed by atoms with Crippen molar-refractivity contribution < 1.29 is 20.1 Å². The summed E-state index contributed by atoms with van der Waals surface area (Å²) in [6.45, 7) is 1.11. The van der Waals surface area contributed by atoms with Crippen LogP contribution in [0.25, 0.3) is 0 Å². The number of nitrogens with zero attached hydrogens (tertiary/aromatic N) is 1. The molecular formula is C12H18N4O4. The van der Waals surface area contributed by atoms with Gasteiger partial charge >= 0.3 is 0 Å². The molecule has 1 aromatic rings. The van der Waals surface area contributed by atoms with E-state index < -0.39 is 30.5 Å². The van der Waals surface area contributed by atoms with E-state index in [1.54, 1.807) is 12.1 Å². The number of aliphatic hydroxyl groups is 3. The molecule has 0 aromatic carbocycles. The van der Waals surface area contributed by atoms with Crippen molar-refractivity contribution in [2.75, 3.05) is 6.61 Å². The van der Waals surface area contributed by atoms with Crippen LogP contribution in [0.5, 0.6) is 0 Å². The maximum absolute atomic E-state index is 10.0. The lowest BCUT2D eigenvalue weighted by molar-refractivity contribution is -0.100. The van der Waals surface area contributed by atoms with Crippen molar-refractivity contribution in [2.45, 2.75) is 30.8 Å². The highest BCUT2D eigenvalue weighted by atomic mass is 16.6. The van der Waals surface area contributed by atoms with E-state index in [1.165, 1.54) is 6.92 Å². The van der Waals surface area contributed by atoms with Gasteiger partial charge in [-0.3, -0.25) is 5.41 Å². The van der Waals surface area contributed by atoms with E-state index in [2.05, 4.69) is 9.98 Å². The molecule has 1 aliphatic heterocycles. The van der Waals surface area contributed by atoms with Crippen molar-refractivity contribution in [1.82, 2.24) is 4.98 Å². The fourth-order valence-electron chi connectivity index (χ4n) is 2.20. The molecule has 0 radical (unpaired) electrons. The quantitative estimate of drug-likeness (QED) is 0.305. The third-order valence-electron chi connectivity index (χ3n) is 3.46. The first-order valence-electron chi connectivity index (χ1n) is 6.09. The summed E-state index contributed by atoms with van der Waals surface area (Å²) in [7, 11) is 0. The Kier molecular flexibility index (Phi) is 3.91. The topological polar surface area (TPSA) is 148 Å². The standard InChI is InChI=1S/C12H18N4O4/c1-12(4-17)10(19)8(18)9(20-12)6-2-3-7(16-6)11(14)15-5-13/h2-3,5,8-10,16-19H,4H2,1H3,(H3,13,14,15)/t8-,9-,10-,12+/m0/s1. The van der Waals surface area contributed by atoms with Gasteiger partial charge in [-0.2, -0.15) is 0 Å². The second-order valence-electron chi connectivity index (χ2n) is 4.92. The molecule has 1 aromatic heterocycles. The van der Waals surface area contributed by atoms with Gasteiger partial charge in [0.1, 0.15) is 36.1 Å². The van der Waals surface area contributed by atoms with Crippen LogP contribution in [0.15, 0.2) is 17.1 Å². The van der Waals surface area contributed by atoms with Crippen LogP contribution in [-0.4, -0.2) is 56.9 Å². The number of rotatable bonds is 4. The summed E-state index contributed by atoms with van der Waals surface area (Å²) in [6, 6.07) is 3.28. The predicted octanol–water partition coefficient (Wildman–Crippen LogP) is -1.13. The van der Waals surface area contributed by atoms with Crippen LogP contribution < -0.4 is 5.73 Å². The fourth-order valence-corrected chi connectivity index (χ4v) is 2.20. The van der Waals surface area contributed by atoms with E-state index in [0.717, 1.165) is 6.34 Å². The number of hydrogen-bond donors (Lipinski definition) is 6. The lowest BCUT2D eigenvalue weighted by Crippen LogP contribution is -2.43. The highest BCUT2D eigenvalue weighted by Crippen LogP contribution is 2.39. The van der Waals surface area contributed by atoms with E-state index in [1.807, 2.05) is 0 Å². The first-order chi connectivity index (χ1) is 9.42. The minimum atomic E-state index is -1.22. The Balaban J connectivity index is 2.25. The van der Waals surface area contributed by atoms with E-state index in [4.69, 9.17) is 15.9 Å². The van der Waals surface area contributed by atoms with E-state index in [0.29, 0.717) is 11.4 Å². The Morgan fingerprint density at radius 2 is 2.30 bits per heavy atom. The molecule has 2 rings (SSSR count). The zero-order valence-corrected chi connectivity index (χ0v) is 10.9. The van der Waals surface area contributed by atoms with Crippen LogP contribution in [0.3, 0.4) is 0 Å². The number of aliphatic hydroxyl groups excluding tert-OH is 3. The minimum Gasteiger partial charge on any atom is -0.393 e. The van der Waals surface area contributed by atoms with Crippen molar-refractivity contribution in [2.24, 2.45) is 10.7 Å². The number of H-pyrrole nitrogens is 1. The number of aliphatic imine (C=N–C) groups is 1. The molecule has 1 saturated heterocycles. The Hall–Kier alpha value is -1.74. The first-order valence-corrected chi connectivity index (χ1v) is 6.09. The zero-order valence-electron chi connectivity index (χ0n) is 10.9. The van der Waals surface area contributed by atoms with Crippen LogP contribution in [0, 0.1) is 5.41 Å². The van der Waals surface area contributed by atoms with Gasteiger partial charge in [-0.15, -0.1) is 0 Å². The van der Waals surface area contributed by atoms with Gasteiger partial charge in [0, 0.05) is 5.69 Å². The Labute approximate surface area is 115 Å². The van der Waals surface area contributed by atoms with Crippen molar-refractivity contribution >= 4 is 12.2 Å². The molecule has 8 heteroatoms. The van der Waals surface area contributed by atoms with Gasteiger partial charge in [-0.05, 0) is 19.1 Å². The molecule has 0 spiro atoms. The average Bonchev–Trinajstić information content (AvgIpc) is 2.99. The molecule has 7 N–H and O–H groups in total. The molecular weight excluding hydrogens is 264 g/mol. The summed E-state index contributed by atoms with van der Waals surface area (Å²) in [5, 5.41) is 36.1. The molecule has 0 amide bonds. The number of nitrogens with two attached hydrogens (primary N) is 1. The lowest BCUT2D eigenvalue weighted by atomic mass is 9.97. The molecule has 1 fully saturated rings. The van der Waals surface area contributed by atoms with Crippen LogP contribution >= 0.6 is 0 Å². The summed E-state index contributed by atoms with van der Waals surface area (Å²) in [6.07, 6.45) is -2.34. The molecule has 20 heavy (non-hydrogen) atoms. The lowest BCUT2D eigenvalue weighted by Gasteiger charge is -2.24. The number of nitrogens with one attached hydrogen (secondary N) is 2. The molecule has 110 valence electrons. The highest BCUT2D eigenvalue weighted by Gasteiger charge is 2.51. The summed E-state index contributed by atoms with van der Waals surface area (Å²) >= 11 is 0. The van der Waals surface area contributed by atoms with Crippen molar-refractivity contribution in [3.05, 3.63) is 23.5 Å². The molecule has 2 heterocycles. The van der Waals surface area contributed by atoms with Crippen molar-refractivity contribution in [3.8, 4) is 0 Å². The number of hydrogen-bond acceptors (Lipinski definition) is 5. The van der Waals surface area contributed by atoms with Gasteiger partial charge in [0.05, 0.1) is 12.3 Å². The molecule has 1 aliphatic rings. The number of amidine groups is 1. The van der Waals surface area contributed by atoms with Gasteiger partial charge in [-0.25, -0.2) is 4.99 Å². The second-order valence-corrected chi connectivity index (χ2v) is 4.92. The van der Waals surface area contributed by atoms with Crippen molar-refractivity contribution in [1.29, 1.82) is 5.41 Å². The Morgan fingerprint density at radius 1 is 1.60 bits per heavy atom. The molecule has 0 saturated carbocycles. The van der Waals surface area contributed by atoms with E-state index in [-0.39, 0.29) is 5.84 Å². The normalized spacial score (nSPS) is 34.4. The molecule has 8 nitrogen and oxygen atoms in total. The fraction of sp³-hybridized carbons (Fsp3) is 0.500. The zero-order chi connectivity index (χ0) is 14.9. The number of aromatic amines is 1. The second kappa shape index (κ2) is 5.33. The monoisotopic (exact) mass is 282 g/mol. The van der Waals surface area contributed by atoms with Gasteiger partial charge in [-0.1, -0.05) is 0 Å². The minimum absolute atomic E-state index is 0.129. The molecule has 0 bridgehead atoms. The van der Waals surface area contributed by atoms with Crippen LogP contribution in [0.2, 0.25) is 0 Å². The van der Waals surface area contributed by atoms with E-state index in [9.17, 15) is 15.3 Å². The summed E-state index contributed by atoms with van der Waals surface area (Å²) in [5.41, 5.74) is 5.40. The maximum atomic E-state index is 10.0. The van der Waals surface area contributed by atoms with Crippen LogP contribution in [0.1, 0.15) is 24.4 Å².